The van der Waals surface area contributed by atoms with Crippen molar-refractivity contribution in [1.29, 1.82) is 0 Å². The number of hydrogen-bond acceptors (Lipinski definition) is 4. The molecule has 0 spiro atoms. The van der Waals surface area contributed by atoms with Crippen molar-refractivity contribution in [2.75, 3.05) is 10.2 Å². The lowest BCUT2D eigenvalue weighted by Crippen LogP contribution is -2.34. The highest BCUT2D eigenvalue weighted by Crippen LogP contribution is 2.46. The van der Waals surface area contributed by atoms with Crippen molar-refractivity contribution in [3.05, 3.63) is 77.4 Å². The summed E-state index contributed by atoms with van der Waals surface area (Å²) in [5.74, 6) is 0.946. The summed E-state index contributed by atoms with van der Waals surface area (Å²) >= 11 is 0. The number of benzene rings is 3. The molecule has 3 rings (SSSR count). The average Bonchev–Trinajstić information content (AvgIpc) is 2.78. The smallest absolute Gasteiger partial charge is 0.128 e. The molecule has 3 aromatic carbocycles. The van der Waals surface area contributed by atoms with Crippen molar-refractivity contribution >= 4 is 17.1 Å². The van der Waals surface area contributed by atoms with Gasteiger partial charge in [-0.2, -0.15) is 0 Å². The van der Waals surface area contributed by atoms with Crippen LogP contribution in [0, 0.1) is 5.92 Å². The van der Waals surface area contributed by atoms with Crippen molar-refractivity contribution in [3.63, 3.8) is 0 Å². The molecule has 0 heterocycles. The third-order valence-corrected chi connectivity index (χ3v) is 6.86. The summed E-state index contributed by atoms with van der Waals surface area (Å²) in [6.07, 6.45) is 1.03. The van der Waals surface area contributed by atoms with E-state index < -0.39 is 5.41 Å². The first-order chi connectivity index (χ1) is 17.2. The molecule has 1 atom stereocenters. The number of phenols is 2. The Balaban J connectivity index is 2.04. The van der Waals surface area contributed by atoms with Gasteiger partial charge < -0.3 is 20.4 Å². The Morgan fingerprint density at radius 1 is 0.757 bits per heavy atom. The summed E-state index contributed by atoms with van der Waals surface area (Å²) in [6.45, 7) is 19.7. The number of aromatic hydroxyl groups is 2. The van der Waals surface area contributed by atoms with Crippen LogP contribution < -0.4 is 10.2 Å². The van der Waals surface area contributed by atoms with Gasteiger partial charge in [-0.05, 0) is 72.6 Å². The molecular weight excluding hydrogens is 456 g/mol. The fraction of sp³-hybridized carbons (Fsp3) is 0.455. The molecule has 3 N–H and O–H groups in total. The third-order valence-electron chi connectivity index (χ3n) is 6.86. The van der Waals surface area contributed by atoms with E-state index in [1.807, 2.05) is 45.0 Å². The van der Waals surface area contributed by atoms with E-state index in [-0.39, 0.29) is 23.0 Å². The Bertz CT molecular complexity index is 1170. The van der Waals surface area contributed by atoms with Crippen LogP contribution in [0.5, 0.6) is 11.5 Å². The van der Waals surface area contributed by atoms with Crippen LogP contribution in [0.1, 0.15) is 85.4 Å². The predicted molar refractivity (Wildman–Crippen MR) is 158 cm³/mol. The molecular formula is C33H46N2O2. The maximum Gasteiger partial charge on any atom is 0.128 e. The first kappa shape index (κ1) is 28.4. The second-order valence-electron chi connectivity index (χ2n) is 12.8. The van der Waals surface area contributed by atoms with Crippen molar-refractivity contribution < 1.29 is 10.2 Å². The molecule has 3 aromatic rings. The molecule has 4 heteroatoms. The summed E-state index contributed by atoms with van der Waals surface area (Å²) in [7, 11) is 0. The van der Waals surface area contributed by atoms with Crippen LogP contribution in [0.4, 0.5) is 17.1 Å². The SMILES string of the molecule is CC(C)CC(C)N(Cc1cc(C(C)(C)C)c(O)c(C(C)(C)C)c1O)c1ccc(Nc2ccccc2)cc1. The first-order valence-corrected chi connectivity index (χ1v) is 13.5. The quantitative estimate of drug-likeness (QED) is 0.288. The van der Waals surface area contributed by atoms with Gasteiger partial charge in [0.15, 0.2) is 0 Å². The lowest BCUT2D eigenvalue weighted by Gasteiger charge is -2.35. The highest BCUT2D eigenvalue weighted by molar-refractivity contribution is 5.64. The van der Waals surface area contributed by atoms with Gasteiger partial charge in [0.2, 0.25) is 0 Å². The van der Waals surface area contributed by atoms with Gasteiger partial charge in [0, 0.05) is 46.3 Å². The van der Waals surface area contributed by atoms with Gasteiger partial charge in [0.25, 0.3) is 0 Å². The molecule has 200 valence electrons. The largest absolute Gasteiger partial charge is 0.507 e. The van der Waals surface area contributed by atoms with Crippen LogP contribution in [0.25, 0.3) is 0 Å². The number of rotatable bonds is 8. The van der Waals surface area contributed by atoms with Crippen LogP contribution in [0.3, 0.4) is 0 Å². The Morgan fingerprint density at radius 2 is 1.32 bits per heavy atom. The average molecular weight is 503 g/mol. The van der Waals surface area contributed by atoms with Crippen molar-refractivity contribution in [2.24, 2.45) is 5.92 Å². The topological polar surface area (TPSA) is 55.7 Å². The van der Waals surface area contributed by atoms with Gasteiger partial charge >= 0.3 is 0 Å². The lowest BCUT2D eigenvalue weighted by atomic mass is 9.77. The number of phenolic OH excluding ortho intramolecular Hbond substituents is 2. The number of anilines is 3. The van der Waals surface area contributed by atoms with Gasteiger partial charge in [-0.15, -0.1) is 0 Å². The molecule has 1 unspecified atom stereocenters. The molecule has 0 amide bonds. The van der Waals surface area contributed by atoms with Crippen molar-refractivity contribution in [3.8, 4) is 11.5 Å². The second kappa shape index (κ2) is 11.1. The van der Waals surface area contributed by atoms with E-state index >= 15 is 0 Å². The number of hydrogen-bond donors (Lipinski definition) is 3. The number of nitrogens with zero attached hydrogens (tertiary/aromatic N) is 1. The van der Waals surface area contributed by atoms with E-state index in [4.69, 9.17) is 0 Å². The molecule has 37 heavy (non-hydrogen) atoms. The molecule has 0 bridgehead atoms. The third kappa shape index (κ3) is 7.00. The molecule has 0 aliphatic rings. The zero-order valence-electron chi connectivity index (χ0n) is 24.2. The highest BCUT2D eigenvalue weighted by Gasteiger charge is 2.31. The normalized spacial score (nSPS) is 13.0. The van der Waals surface area contributed by atoms with E-state index in [1.54, 1.807) is 0 Å². The maximum absolute atomic E-state index is 11.5. The molecule has 0 fully saturated rings. The van der Waals surface area contributed by atoms with Gasteiger partial charge in [-0.25, -0.2) is 0 Å². The van der Waals surface area contributed by atoms with Crippen LogP contribution in [0.2, 0.25) is 0 Å². The molecule has 0 aliphatic carbocycles. The van der Waals surface area contributed by atoms with E-state index in [0.29, 0.717) is 18.0 Å². The maximum atomic E-state index is 11.5. The van der Waals surface area contributed by atoms with Gasteiger partial charge in [0.05, 0.1) is 0 Å². The zero-order chi connectivity index (χ0) is 27.5. The standard InChI is InChI=1S/C33H46N2O2/c1-22(2)19-23(3)35(27-17-15-26(16-18-27)34-25-13-11-10-12-14-25)21-24-20-28(32(4,5)6)31(37)29(30(24)36)33(7,8)9/h10-18,20,22-23,34,36-37H,19,21H2,1-9H3. The van der Waals surface area contributed by atoms with Gasteiger partial charge in [-0.3, -0.25) is 0 Å². The minimum Gasteiger partial charge on any atom is -0.507 e. The van der Waals surface area contributed by atoms with Gasteiger partial charge in [-0.1, -0.05) is 73.6 Å². The molecule has 0 aliphatic heterocycles. The van der Waals surface area contributed by atoms with Crippen LogP contribution in [-0.4, -0.2) is 16.3 Å². The molecule has 4 nitrogen and oxygen atoms in total. The number of para-hydroxylation sites is 1. The molecule has 0 radical (unpaired) electrons. The fourth-order valence-corrected chi connectivity index (χ4v) is 5.04. The van der Waals surface area contributed by atoms with Crippen molar-refractivity contribution in [1.82, 2.24) is 0 Å². The monoisotopic (exact) mass is 502 g/mol. The molecule has 0 aromatic heterocycles. The van der Waals surface area contributed by atoms with E-state index in [1.165, 1.54) is 0 Å². The van der Waals surface area contributed by atoms with Crippen LogP contribution in [-0.2, 0) is 17.4 Å². The van der Waals surface area contributed by atoms with E-state index in [0.717, 1.165) is 34.6 Å². The Morgan fingerprint density at radius 3 is 1.84 bits per heavy atom. The summed E-state index contributed by atoms with van der Waals surface area (Å²) in [4.78, 5) is 2.37. The Kier molecular flexibility index (Phi) is 8.52. The Labute approximate surface area is 224 Å². The molecule has 0 saturated heterocycles. The predicted octanol–water partition coefficient (Wildman–Crippen LogP) is 8.88. The van der Waals surface area contributed by atoms with Crippen LogP contribution in [0.15, 0.2) is 60.7 Å². The lowest BCUT2D eigenvalue weighted by molar-refractivity contribution is 0.392. The summed E-state index contributed by atoms with van der Waals surface area (Å²) in [5.41, 5.74) is 4.86. The van der Waals surface area contributed by atoms with Crippen LogP contribution >= 0.6 is 0 Å². The summed E-state index contributed by atoms with van der Waals surface area (Å²) in [5, 5.41) is 26.1. The van der Waals surface area contributed by atoms with Crippen molar-refractivity contribution in [2.45, 2.75) is 92.2 Å². The summed E-state index contributed by atoms with van der Waals surface area (Å²) in [6, 6.07) is 20.9. The van der Waals surface area contributed by atoms with Gasteiger partial charge in [0.1, 0.15) is 11.5 Å². The second-order valence-corrected chi connectivity index (χ2v) is 12.8. The van der Waals surface area contributed by atoms with E-state index in [9.17, 15) is 10.2 Å². The first-order valence-electron chi connectivity index (χ1n) is 13.5. The fourth-order valence-electron chi connectivity index (χ4n) is 5.04. The zero-order valence-corrected chi connectivity index (χ0v) is 24.2. The molecule has 0 saturated carbocycles. The highest BCUT2D eigenvalue weighted by atomic mass is 16.3. The minimum absolute atomic E-state index is 0.196. The minimum atomic E-state index is -0.399. The Hall–Kier alpha value is -3.14. The number of nitrogens with one attached hydrogen (secondary N) is 1. The summed E-state index contributed by atoms with van der Waals surface area (Å²) < 4.78 is 0. The van der Waals surface area contributed by atoms with E-state index in [2.05, 4.69) is 88.2 Å².